The Labute approximate surface area is 50.0 Å². The van der Waals surface area contributed by atoms with Crippen LogP contribution >= 0.6 is 0 Å². The molecule has 1 atom stereocenters. The van der Waals surface area contributed by atoms with E-state index in [0.717, 1.165) is 6.42 Å². The molecular formula is C6H13NO. The van der Waals surface area contributed by atoms with Crippen LogP contribution in [-0.2, 0) is 0 Å². The molecule has 0 saturated heterocycles. The van der Waals surface area contributed by atoms with Crippen molar-refractivity contribution in [2.75, 3.05) is 0 Å². The molecule has 0 aliphatic rings. The number of hydrogen-bond acceptors (Lipinski definition) is 2. The van der Waals surface area contributed by atoms with Crippen molar-refractivity contribution in [1.29, 1.82) is 0 Å². The molecule has 48 valence electrons. The van der Waals surface area contributed by atoms with Gasteiger partial charge in [0, 0.05) is 0 Å². The first-order valence-electron chi connectivity index (χ1n) is 2.68. The minimum absolute atomic E-state index is 0.580. The Morgan fingerprint density at radius 1 is 1.88 bits per heavy atom. The molecule has 0 bridgehead atoms. The number of rotatable bonds is 3. The zero-order valence-electron chi connectivity index (χ0n) is 5.22. The lowest BCUT2D eigenvalue weighted by Crippen LogP contribution is -2.34. The van der Waals surface area contributed by atoms with E-state index in [4.69, 9.17) is 10.8 Å². The van der Waals surface area contributed by atoms with Crippen LogP contribution in [0.15, 0.2) is 12.7 Å². The Kier molecular flexibility index (Phi) is 2.72. The maximum Gasteiger partial charge on any atom is 0.111 e. The lowest BCUT2D eigenvalue weighted by molar-refractivity contribution is 0.0590. The van der Waals surface area contributed by atoms with E-state index in [1.165, 1.54) is 0 Å². The van der Waals surface area contributed by atoms with Gasteiger partial charge >= 0.3 is 0 Å². The minimum atomic E-state index is -1.02. The Bertz CT molecular complexity index is 73.1. The highest BCUT2D eigenvalue weighted by Gasteiger charge is 2.09. The largest absolute Gasteiger partial charge is 0.376 e. The summed E-state index contributed by atoms with van der Waals surface area (Å²) in [6.07, 6.45) is 3.08. The van der Waals surface area contributed by atoms with Gasteiger partial charge in [0.15, 0.2) is 0 Å². The third kappa shape index (κ3) is 5.66. The van der Waals surface area contributed by atoms with E-state index in [1.807, 2.05) is 0 Å². The van der Waals surface area contributed by atoms with E-state index in [1.54, 1.807) is 13.0 Å². The van der Waals surface area contributed by atoms with E-state index >= 15 is 0 Å². The minimum Gasteiger partial charge on any atom is -0.376 e. The lowest BCUT2D eigenvalue weighted by Gasteiger charge is -2.14. The van der Waals surface area contributed by atoms with Crippen molar-refractivity contribution in [2.45, 2.75) is 25.5 Å². The van der Waals surface area contributed by atoms with Gasteiger partial charge in [0.25, 0.3) is 0 Å². The predicted molar refractivity (Wildman–Crippen MR) is 34.2 cm³/mol. The zero-order valence-corrected chi connectivity index (χ0v) is 5.22. The maximum absolute atomic E-state index is 8.88. The molecule has 2 nitrogen and oxygen atoms in total. The number of nitrogens with two attached hydrogens (primary N) is 1. The normalized spacial score (nSPS) is 17.4. The molecule has 0 aliphatic heterocycles. The second-order valence-corrected chi connectivity index (χ2v) is 2.18. The van der Waals surface area contributed by atoms with Crippen LogP contribution in [0.1, 0.15) is 19.8 Å². The molecule has 3 N–H and O–H groups in total. The average Bonchev–Trinajstić information content (AvgIpc) is 1.59. The van der Waals surface area contributed by atoms with E-state index in [0.29, 0.717) is 6.42 Å². The Morgan fingerprint density at radius 2 is 2.38 bits per heavy atom. The molecule has 0 fully saturated rings. The maximum atomic E-state index is 8.88. The fourth-order valence-electron chi connectivity index (χ4n) is 0.394. The molecule has 0 aromatic carbocycles. The van der Waals surface area contributed by atoms with Crippen LogP contribution in [0, 0.1) is 0 Å². The third-order valence-electron chi connectivity index (χ3n) is 0.855. The SMILES string of the molecule is C=CCCC(C)(N)O. The quantitative estimate of drug-likeness (QED) is 0.418. The predicted octanol–water partition coefficient (Wildman–Crippen LogP) is 0.620. The molecule has 0 aromatic rings. The topological polar surface area (TPSA) is 46.2 Å². The van der Waals surface area contributed by atoms with Crippen molar-refractivity contribution in [2.24, 2.45) is 5.73 Å². The highest BCUT2D eigenvalue weighted by molar-refractivity contribution is 4.72. The van der Waals surface area contributed by atoms with Crippen LogP contribution < -0.4 is 5.73 Å². The van der Waals surface area contributed by atoms with Crippen molar-refractivity contribution in [1.82, 2.24) is 0 Å². The number of aliphatic hydroxyl groups is 1. The lowest BCUT2D eigenvalue weighted by atomic mass is 10.1. The Morgan fingerprint density at radius 3 is 2.50 bits per heavy atom. The first kappa shape index (κ1) is 7.66. The Hall–Kier alpha value is -0.340. The van der Waals surface area contributed by atoms with E-state index < -0.39 is 5.72 Å². The first-order valence-corrected chi connectivity index (χ1v) is 2.68. The molecule has 0 rings (SSSR count). The molecule has 0 spiro atoms. The number of allylic oxidation sites excluding steroid dienone is 1. The summed E-state index contributed by atoms with van der Waals surface area (Å²) in [5.74, 6) is 0. The molecule has 8 heavy (non-hydrogen) atoms. The molecule has 0 aromatic heterocycles. The molecule has 0 aliphatic carbocycles. The molecule has 0 amide bonds. The second kappa shape index (κ2) is 2.84. The summed E-state index contributed by atoms with van der Waals surface area (Å²) in [6.45, 7) is 5.08. The molecule has 0 heterocycles. The summed E-state index contributed by atoms with van der Waals surface area (Å²) in [5, 5.41) is 8.88. The van der Waals surface area contributed by atoms with E-state index in [9.17, 15) is 0 Å². The van der Waals surface area contributed by atoms with Crippen LogP contribution in [0.2, 0.25) is 0 Å². The van der Waals surface area contributed by atoms with E-state index in [2.05, 4.69) is 6.58 Å². The summed E-state index contributed by atoms with van der Waals surface area (Å²) in [4.78, 5) is 0. The van der Waals surface area contributed by atoms with Gasteiger partial charge in [0.1, 0.15) is 5.72 Å². The van der Waals surface area contributed by atoms with Gasteiger partial charge in [-0.05, 0) is 19.8 Å². The van der Waals surface area contributed by atoms with Crippen LogP contribution in [0.5, 0.6) is 0 Å². The highest BCUT2D eigenvalue weighted by Crippen LogP contribution is 2.02. The monoisotopic (exact) mass is 115 g/mol. The van der Waals surface area contributed by atoms with E-state index in [-0.39, 0.29) is 0 Å². The zero-order chi connectivity index (χ0) is 6.62. The number of hydrogen-bond donors (Lipinski definition) is 2. The summed E-state index contributed by atoms with van der Waals surface area (Å²) in [7, 11) is 0. The van der Waals surface area contributed by atoms with Crippen molar-refractivity contribution in [3.8, 4) is 0 Å². The molecule has 1 unspecified atom stereocenters. The fourth-order valence-corrected chi connectivity index (χ4v) is 0.394. The van der Waals surface area contributed by atoms with Crippen molar-refractivity contribution >= 4 is 0 Å². The van der Waals surface area contributed by atoms with Gasteiger partial charge in [-0.1, -0.05) is 6.08 Å². The van der Waals surface area contributed by atoms with Gasteiger partial charge in [-0.25, -0.2) is 0 Å². The van der Waals surface area contributed by atoms with Gasteiger partial charge in [0.2, 0.25) is 0 Å². The van der Waals surface area contributed by atoms with Gasteiger partial charge in [-0.2, -0.15) is 0 Å². The summed E-state index contributed by atoms with van der Waals surface area (Å²) in [5.41, 5.74) is 4.21. The van der Waals surface area contributed by atoms with Crippen molar-refractivity contribution in [3.63, 3.8) is 0 Å². The first-order chi connectivity index (χ1) is 3.56. The second-order valence-electron chi connectivity index (χ2n) is 2.18. The van der Waals surface area contributed by atoms with Gasteiger partial charge in [0.05, 0.1) is 0 Å². The summed E-state index contributed by atoms with van der Waals surface area (Å²) in [6, 6.07) is 0. The van der Waals surface area contributed by atoms with Crippen LogP contribution in [0.3, 0.4) is 0 Å². The summed E-state index contributed by atoms with van der Waals surface area (Å²) >= 11 is 0. The van der Waals surface area contributed by atoms with Crippen LogP contribution in [0.25, 0.3) is 0 Å². The van der Waals surface area contributed by atoms with Crippen LogP contribution in [-0.4, -0.2) is 10.8 Å². The standard InChI is InChI=1S/C6H13NO/c1-3-4-5-6(2,7)8/h3,8H,1,4-5,7H2,2H3. The smallest absolute Gasteiger partial charge is 0.111 e. The van der Waals surface area contributed by atoms with Crippen molar-refractivity contribution < 1.29 is 5.11 Å². The van der Waals surface area contributed by atoms with Gasteiger partial charge in [-0.3, -0.25) is 0 Å². The van der Waals surface area contributed by atoms with Crippen LogP contribution in [0.4, 0.5) is 0 Å². The fraction of sp³-hybridized carbons (Fsp3) is 0.667. The summed E-state index contributed by atoms with van der Waals surface area (Å²) < 4.78 is 0. The third-order valence-corrected chi connectivity index (χ3v) is 0.855. The van der Waals surface area contributed by atoms with Gasteiger partial charge in [-0.15, -0.1) is 6.58 Å². The van der Waals surface area contributed by atoms with Gasteiger partial charge < -0.3 is 10.8 Å². The molecule has 0 saturated carbocycles. The molecule has 0 radical (unpaired) electrons. The van der Waals surface area contributed by atoms with Crippen molar-refractivity contribution in [3.05, 3.63) is 12.7 Å². The molecule has 2 heteroatoms. The highest BCUT2D eigenvalue weighted by atomic mass is 16.3. The Balaban J connectivity index is 3.24. The average molecular weight is 115 g/mol. The molecular weight excluding hydrogens is 102 g/mol.